The molecule has 4 nitrogen and oxygen atoms in total. The van der Waals surface area contributed by atoms with E-state index in [-0.39, 0.29) is 30.8 Å². The first-order valence-corrected chi connectivity index (χ1v) is 10.6. The number of nitrogens with zero attached hydrogens (tertiary/aromatic N) is 1. The number of carbonyl (C=O) groups excluding carboxylic acids is 2. The molecule has 0 aliphatic rings. The summed E-state index contributed by atoms with van der Waals surface area (Å²) < 4.78 is 0. The third-order valence-electron chi connectivity index (χ3n) is 4.27. The average molecular weight is 476 g/mol. The zero-order valence-corrected chi connectivity index (χ0v) is 19.3. The Bertz CT molecular complexity index is 902. The summed E-state index contributed by atoms with van der Waals surface area (Å²) in [7, 11) is 0. The molecule has 29 heavy (non-hydrogen) atoms. The lowest BCUT2D eigenvalue weighted by Crippen LogP contribution is -2.49. The maximum Gasteiger partial charge on any atom is 0.242 e. The molecule has 0 unspecified atom stereocenters. The molecule has 1 N–H and O–H groups in total. The van der Waals surface area contributed by atoms with E-state index in [0.29, 0.717) is 25.7 Å². The van der Waals surface area contributed by atoms with Crippen LogP contribution in [0, 0.1) is 0 Å². The van der Waals surface area contributed by atoms with Crippen molar-refractivity contribution in [3.05, 3.63) is 67.6 Å². The van der Waals surface area contributed by atoms with Crippen LogP contribution in [0.5, 0.6) is 0 Å². The predicted molar refractivity (Wildman–Crippen MR) is 120 cm³/mol. The zero-order chi connectivity index (χ0) is 21.7. The molecule has 0 aromatic heterocycles. The van der Waals surface area contributed by atoms with Gasteiger partial charge in [-0.1, -0.05) is 58.5 Å². The Morgan fingerprint density at radius 2 is 1.38 bits per heavy atom. The van der Waals surface area contributed by atoms with E-state index in [4.69, 9.17) is 46.4 Å². The standard InChI is InChI=1S/C21H22Cl4N2O2/c1-12(2)26-21(29)13(3)27(11-15-5-7-17(23)19(25)9-15)20(28)10-14-4-6-16(22)18(24)8-14/h4-9,12-13H,10-11H2,1-3H3,(H,26,29)/t13-/m1/s1. The number of hydrogen-bond donors (Lipinski definition) is 1. The number of carbonyl (C=O) groups is 2. The maximum atomic E-state index is 13.1. The number of halogens is 4. The second-order valence-electron chi connectivity index (χ2n) is 7.03. The summed E-state index contributed by atoms with van der Waals surface area (Å²) in [6, 6.07) is 9.45. The first-order chi connectivity index (χ1) is 13.6. The van der Waals surface area contributed by atoms with Crippen molar-refractivity contribution >= 4 is 58.2 Å². The van der Waals surface area contributed by atoms with Crippen molar-refractivity contribution < 1.29 is 9.59 Å². The molecular weight excluding hydrogens is 454 g/mol. The van der Waals surface area contributed by atoms with Gasteiger partial charge in [-0.3, -0.25) is 9.59 Å². The molecule has 0 aliphatic heterocycles. The summed E-state index contributed by atoms with van der Waals surface area (Å²) in [6.45, 7) is 5.64. The summed E-state index contributed by atoms with van der Waals surface area (Å²) >= 11 is 24.1. The van der Waals surface area contributed by atoms with E-state index in [9.17, 15) is 9.59 Å². The van der Waals surface area contributed by atoms with Crippen LogP contribution < -0.4 is 5.32 Å². The minimum atomic E-state index is -0.679. The van der Waals surface area contributed by atoms with Crippen molar-refractivity contribution in [2.24, 2.45) is 0 Å². The molecule has 0 fully saturated rings. The van der Waals surface area contributed by atoms with Gasteiger partial charge in [0, 0.05) is 12.6 Å². The molecule has 0 bridgehead atoms. The van der Waals surface area contributed by atoms with Gasteiger partial charge in [-0.05, 0) is 56.2 Å². The molecule has 0 saturated carbocycles. The van der Waals surface area contributed by atoms with Crippen LogP contribution in [0.1, 0.15) is 31.9 Å². The molecule has 8 heteroatoms. The smallest absolute Gasteiger partial charge is 0.242 e. The van der Waals surface area contributed by atoms with Crippen LogP contribution in [0.3, 0.4) is 0 Å². The SMILES string of the molecule is CC(C)NC(=O)[C@@H](C)N(Cc1ccc(Cl)c(Cl)c1)C(=O)Cc1ccc(Cl)c(Cl)c1. The number of hydrogen-bond acceptors (Lipinski definition) is 2. The third-order valence-corrected chi connectivity index (χ3v) is 5.75. The van der Waals surface area contributed by atoms with E-state index in [2.05, 4.69) is 5.32 Å². The summed E-state index contributed by atoms with van der Waals surface area (Å²) in [4.78, 5) is 27.2. The van der Waals surface area contributed by atoms with E-state index in [0.717, 1.165) is 5.56 Å². The minimum absolute atomic E-state index is 0.0399. The Hall–Kier alpha value is -1.46. The van der Waals surface area contributed by atoms with Crippen LogP contribution in [0.4, 0.5) is 0 Å². The molecule has 0 heterocycles. The van der Waals surface area contributed by atoms with Gasteiger partial charge in [0.15, 0.2) is 0 Å². The topological polar surface area (TPSA) is 49.4 Å². The lowest BCUT2D eigenvalue weighted by molar-refractivity contribution is -0.140. The van der Waals surface area contributed by atoms with Gasteiger partial charge in [-0.15, -0.1) is 0 Å². The van der Waals surface area contributed by atoms with Gasteiger partial charge in [0.05, 0.1) is 26.5 Å². The van der Waals surface area contributed by atoms with Crippen LogP contribution in [0.15, 0.2) is 36.4 Å². The quantitative estimate of drug-likeness (QED) is 0.551. The lowest BCUT2D eigenvalue weighted by Gasteiger charge is -2.29. The highest BCUT2D eigenvalue weighted by Crippen LogP contribution is 2.25. The summed E-state index contributed by atoms with van der Waals surface area (Å²) in [5.41, 5.74) is 1.48. The van der Waals surface area contributed by atoms with Crippen LogP contribution in [0.25, 0.3) is 0 Å². The number of nitrogens with one attached hydrogen (secondary N) is 1. The van der Waals surface area contributed by atoms with Crippen molar-refractivity contribution in [2.45, 2.75) is 45.8 Å². The van der Waals surface area contributed by atoms with E-state index in [1.807, 2.05) is 13.8 Å². The average Bonchev–Trinajstić information content (AvgIpc) is 2.64. The van der Waals surface area contributed by atoms with Crippen molar-refractivity contribution in [2.75, 3.05) is 0 Å². The first-order valence-electron chi connectivity index (χ1n) is 9.06. The molecule has 2 amide bonds. The lowest BCUT2D eigenvalue weighted by atomic mass is 10.1. The van der Waals surface area contributed by atoms with Crippen LogP contribution in [-0.4, -0.2) is 28.8 Å². The summed E-state index contributed by atoms with van der Waals surface area (Å²) in [5.74, 6) is -0.455. The van der Waals surface area contributed by atoms with Gasteiger partial charge in [0.25, 0.3) is 0 Å². The number of amides is 2. The fraction of sp³-hybridized carbons (Fsp3) is 0.333. The maximum absolute atomic E-state index is 13.1. The molecular formula is C21H22Cl4N2O2. The van der Waals surface area contributed by atoms with Gasteiger partial charge in [0.2, 0.25) is 11.8 Å². The van der Waals surface area contributed by atoms with Crippen LogP contribution >= 0.6 is 46.4 Å². The number of rotatable bonds is 7. The van der Waals surface area contributed by atoms with Gasteiger partial charge < -0.3 is 10.2 Å². The predicted octanol–water partition coefficient (Wildman–Crippen LogP) is 5.78. The molecule has 0 spiro atoms. The third kappa shape index (κ3) is 6.78. The van der Waals surface area contributed by atoms with Crippen molar-refractivity contribution in [3.63, 3.8) is 0 Å². The fourth-order valence-electron chi connectivity index (χ4n) is 2.75. The molecule has 0 saturated heterocycles. The van der Waals surface area contributed by atoms with Crippen LogP contribution in [0.2, 0.25) is 20.1 Å². The fourth-order valence-corrected chi connectivity index (χ4v) is 3.39. The Morgan fingerprint density at radius 3 is 1.90 bits per heavy atom. The van der Waals surface area contributed by atoms with Gasteiger partial charge >= 0.3 is 0 Å². The summed E-state index contributed by atoms with van der Waals surface area (Å²) in [5, 5.41) is 4.45. The Labute approximate surface area is 191 Å². The highest BCUT2D eigenvalue weighted by Gasteiger charge is 2.26. The molecule has 156 valence electrons. The Kier molecular flexibility index (Phi) is 8.65. The second kappa shape index (κ2) is 10.5. The van der Waals surface area contributed by atoms with E-state index in [1.54, 1.807) is 43.3 Å². The Morgan fingerprint density at radius 1 is 0.862 bits per heavy atom. The number of benzene rings is 2. The highest BCUT2D eigenvalue weighted by atomic mass is 35.5. The van der Waals surface area contributed by atoms with Gasteiger partial charge in [-0.25, -0.2) is 0 Å². The molecule has 2 aromatic rings. The van der Waals surface area contributed by atoms with E-state index in [1.165, 1.54) is 4.90 Å². The van der Waals surface area contributed by atoms with Gasteiger partial charge in [0.1, 0.15) is 6.04 Å². The van der Waals surface area contributed by atoms with E-state index >= 15 is 0 Å². The van der Waals surface area contributed by atoms with Crippen molar-refractivity contribution in [1.82, 2.24) is 10.2 Å². The zero-order valence-electron chi connectivity index (χ0n) is 16.3. The van der Waals surface area contributed by atoms with Crippen LogP contribution in [-0.2, 0) is 22.6 Å². The molecule has 1 atom stereocenters. The van der Waals surface area contributed by atoms with Crippen molar-refractivity contribution in [3.8, 4) is 0 Å². The first kappa shape index (κ1) is 23.8. The minimum Gasteiger partial charge on any atom is -0.352 e. The second-order valence-corrected chi connectivity index (χ2v) is 8.66. The summed E-state index contributed by atoms with van der Waals surface area (Å²) in [6.07, 6.45) is 0.0809. The van der Waals surface area contributed by atoms with Gasteiger partial charge in [-0.2, -0.15) is 0 Å². The largest absolute Gasteiger partial charge is 0.352 e. The monoisotopic (exact) mass is 474 g/mol. The normalized spacial score (nSPS) is 12.0. The van der Waals surface area contributed by atoms with Crippen molar-refractivity contribution in [1.29, 1.82) is 0 Å². The highest BCUT2D eigenvalue weighted by molar-refractivity contribution is 6.42. The Balaban J connectivity index is 2.28. The molecule has 0 aliphatic carbocycles. The van der Waals surface area contributed by atoms with E-state index < -0.39 is 6.04 Å². The molecule has 2 rings (SSSR count). The molecule has 0 radical (unpaired) electrons. The molecule has 2 aromatic carbocycles.